The van der Waals surface area contributed by atoms with Crippen molar-refractivity contribution in [3.8, 4) is 0 Å². The second kappa shape index (κ2) is 3.90. The first-order valence-electron chi connectivity index (χ1n) is 4.59. The summed E-state index contributed by atoms with van der Waals surface area (Å²) in [5, 5.41) is 8.68. The Kier molecular flexibility index (Phi) is 3.09. The van der Waals surface area contributed by atoms with Gasteiger partial charge in [-0.1, -0.05) is 26.2 Å². The number of carboxylic acid groups (broad SMARTS) is 1. The van der Waals surface area contributed by atoms with Crippen LogP contribution in [0.2, 0.25) is 0 Å². The van der Waals surface area contributed by atoms with Gasteiger partial charge in [0.2, 0.25) is 0 Å². The van der Waals surface area contributed by atoms with Gasteiger partial charge in [-0.2, -0.15) is 0 Å². The van der Waals surface area contributed by atoms with Gasteiger partial charge in [0, 0.05) is 6.04 Å². The van der Waals surface area contributed by atoms with Crippen molar-refractivity contribution in [3.63, 3.8) is 0 Å². The third-order valence-electron chi connectivity index (χ3n) is 2.86. The average molecular weight is 171 g/mol. The quantitative estimate of drug-likeness (QED) is 0.668. The van der Waals surface area contributed by atoms with Crippen molar-refractivity contribution in [1.82, 2.24) is 0 Å². The van der Waals surface area contributed by atoms with E-state index in [0.717, 1.165) is 6.42 Å². The Bertz CT molecular complexity index is 166. The zero-order chi connectivity index (χ0) is 9.14. The first kappa shape index (κ1) is 9.52. The van der Waals surface area contributed by atoms with Crippen LogP contribution in [0.15, 0.2) is 0 Å². The normalized spacial score (nSPS) is 22.8. The van der Waals surface area contributed by atoms with Crippen molar-refractivity contribution >= 4 is 5.97 Å². The molecule has 1 rings (SSSR count). The van der Waals surface area contributed by atoms with Gasteiger partial charge in [-0.05, 0) is 12.3 Å². The SMILES string of the molecule is CC(C(=O)O)C(N)CC1CCC1. The van der Waals surface area contributed by atoms with Crippen LogP contribution in [-0.2, 0) is 4.79 Å². The largest absolute Gasteiger partial charge is 0.481 e. The van der Waals surface area contributed by atoms with Gasteiger partial charge in [-0.3, -0.25) is 4.79 Å². The van der Waals surface area contributed by atoms with Crippen LogP contribution in [0.1, 0.15) is 32.6 Å². The summed E-state index contributed by atoms with van der Waals surface area (Å²) in [6.45, 7) is 1.69. The highest BCUT2D eigenvalue weighted by molar-refractivity contribution is 5.70. The molecule has 1 aliphatic rings. The van der Waals surface area contributed by atoms with Gasteiger partial charge < -0.3 is 10.8 Å². The molecule has 0 aromatic rings. The molecule has 1 fully saturated rings. The Morgan fingerprint density at radius 2 is 2.25 bits per heavy atom. The lowest BCUT2D eigenvalue weighted by atomic mass is 9.79. The highest BCUT2D eigenvalue weighted by Gasteiger charge is 2.26. The summed E-state index contributed by atoms with van der Waals surface area (Å²) in [4.78, 5) is 10.5. The molecule has 3 heteroatoms. The highest BCUT2D eigenvalue weighted by atomic mass is 16.4. The van der Waals surface area contributed by atoms with E-state index in [4.69, 9.17) is 10.8 Å². The molecule has 70 valence electrons. The fourth-order valence-electron chi connectivity index (χ4n) is 1.50. The molecule has 3 N–H and O–H groups in total. The molecule has 12 heavy (non-hydrogen) atoms. The standard InChI is InChI=1S/C9H17NO2/c1-6(9(11)12)8(10)5-7-3-2-4-7/h6-8H,2-5,10H2,1H3,(H,11,12). The monoisotopic (exact) mass is 171 g/mol. The van der Waals surface area contributed by atoms with E-state index >= 15 is 0 Å². The van der Waals surface area contributed by atoms with Crippen LogP contribution in [0.3, 0.4) is 0 Å². The third-order valence-corrected chi connectivity index (χ3v) is 2.86. The lowest BCUT2D eigenvalue weighted by molar-refractivity contribution is -0.141. The van der Waals surface area contributed by atoms with Crippen LogP contribution >= 0.6 is 0 Å². The van der Waals surface area contributed by atoms with Crippen molar-refractivity contribution < 1.29 is 9.90 Å². The smallest absolute Gasteiger partial charge is 0.307 e. The maximum Gasteiger partial charge on any atom is 0.307 e. The summed E-state index contributed by atoms with van der Waals surface area (Å²) in [7, 11) is 0. The van der Waals surface area contributed by atoms with Gasteiger partial charge in [0.15, 0.2) is 0 Å². The average Bonchev–Trinajstić information content (AvgIpc) is 1.94. The van der Waals surface area contributed by atoms with Gasteiger partial charge in [-0.25, -0.2) is 0 Å². The van der Waals surface area contributed by atoms with Gasteiger partial charge >= 0.3 is 5.97 Å². The maximum absolute atomic E-state index is 10.5. The lowest BCUT2D eigenvalue weighted by Gasteiger charge is -2.29. The molecule has 0 aliphatic heterocycles. The minimum Gasteiger partial charge on any atom is -0.481 e. The molecule has 0 aromatic carbocycles. The summed E-state index contributed by atoms with van der Waals surface area (Å²) in [5.41, 5.74) is 5.75. The van der Waals surface area contributed by atoms with Crippen molar-refractivity contribution in [1.29, 1.82) is 0 Å². The van der Waals surface area contributed by atoms with Crippen LogP contribution in [-0.4, -0.2) is 17.1 Å². The summed E-state index contributed by atoms with van der Waals surface area (Å²) in [6, 6.07) is -0.159. The predicted octanol–water partition coefficient (Wildman–Crippen LogP) is 1.22. The van der Waals surface area contributed by atoms with Gasteiger partial charge in [-0.15, -0.1) is 0 Å². The Balaban J connectivity index is 2.25. The molecule has 0 amide bonds. The predicted molar refractivity (Wildman–Crippen MR) is 46.7 cm³/mol. The Labute approximate surface area is 72.9 Å². The number of nitrogens with two attached hydrogens (primary N) is 1. The first-order chi connectivity index (χ1) is 5.61. The molecular weight excluding hydrogens is 154 g/mol. The van der Waals surface area contributed by atoms with Gasteiger partial charge in [0.25, 0.3) is 0 Å². The zero-order valence-corrected chi connectivity index (χ0v) is 7.49. The van der Waals surface area contributed by atoms with Crippen molar-refractivity contribution in [3.05, 3.63) is 0 Å². The molecule has 0 heterocycles. The summed E-state index contributed by atoms with van der Waals surface area (Å²) < 4.78 is 0. The lowest BCUT2D eigenvalue weighted by Crippen LogP contribution is -2.36. The Morgan fingerprint density at radius 3 is 2.58 bits per heavy atom. The zero-order valence-electron chi connectivity index (χ0n) is 7.49. The van der Waals surface area contributed by atoms with Crippen LogP contribution in [0.5, 0.6) is 0 Å². The van der Waals surface area contributed by atoms with Gasteiger partial charge in [0.1, 0.15) is 0 Å². The molecule has 2 atom stereocenters. The molecular formula is C9H17NO2. The number of carbonyl (C=O) groups is 1. The van der Waals surface area contributed by atoms with Crippen molar-refractivity contribution in [2.45, 2.75) is 38.6 Å². The van der Waals surface area contributed by atoms with Crippen LogP contribution in [0, 0.1) is 11.8 Å². The van der Waals surface area contributed by atoms with Crippen LogP contribution in [0.25, 0.3) is 0 Å². The molecule has 0 saturated heterocycles. The fourth-order valence-corrected chi connectivity index (χ4v) is 1.50. The van der Waals surface area contributed by atoms with E-state index in [1.807, 2.05) is 0 Å². The molecule has 1 aliphatic carbocycles. The molecule has 3 nitrogen and oxygen atoms in total. The number of hydrogen-bond acceptors (Lipinski definition) is 2. The van der Waals surface area contributed by atoms with E-state index in [-0.39, 0.29) is 6.04 Å². The first-order valence-corrected chi connectivity index (χ1v) is 4.59. The van der Waals surface area contributed by atoms with Crippen LogP contribution < -0.4 is 5.73 Å². The van der Waals surface area contributed by atoms with Crippen molar-refractivity contribution in [2.24, 2.45) is 17.6 Å². The number of aliphatic carboxylic acids is 1. The second-order valence-electron chi connectivity index (χ2n) is 3.82. The van der Waals surface area contributed by atoms with E-state index in [9.17, 15) is 4.79 Å². The number of hydrogen-bond donors (Lipinski definition) is 2. The van der Waals surface area contributed by atoms with E-state index in [2.05, 4.69) is 0 Å². The maximum atomic E-state index is 10.5. The molecule has 1 saturated carbocycles. The Morgan fingerprint density at radius 1 is 1.67 bits per heavy atom. The fraction of sp³-hybridized carbons (Fsp3) is 0.889. The molecule has 0 aromatic heterocycles. The molecule has 0 spiro atoms. The third kappa shape index (κ3) is 2.21. The summed E-state index contributed by atoms with van der Waals surface area (Å²) >= 11 is 0. The topological polar surface area (TPSA) is 63.3 Å². The summed E-state index contributed by atoms with van der Waals surface area (Å²) in [6.07, 6.45) is 4.65. The van der Waals surface area contributed by atoms with E-state index < -0.39 is 11.9 Å². The number of carboxylic acids is 1. The van der Waals surface area contributed by atoms with E-state index in [1.165, 1.54) is 19.3 Å². The second-order valence-corrected chi connectivity index (χ2v) is 3.82. The molecule has 0 radical (unpaired) electrons. The van der Waals surface area contributed by atoms with Crippen molar-refractivity contribution in [2.75, 3.05) is 0 Å². The Hall–Kier alpha value is -0.570. The highest BCUT2D eigenvalue weighted by Crippen LogP contribution is 2.31. The molecule has 2 unspecified atom stereocenters. The number of rotatable bonds is 4. The minimum absolute atomic E-state index is 0.159. The molecule has 0 bridgehead atoms. The van der Waals surface area contributed by atoms with E-state index in [0.29, 0.717) is 5.92 Å². The van der Waals surface area contributed by atoms with Gasteiger partial charge in [0.05, 0.1) is 5.92 Å². The summed E-state index contributed by atoms with van der Waals surface area (Å²) in [5.74, 6) is -0.478. The van der Waals surface area contributed by atoms with Crippen LogP contribution in [0.4, 0.5) is 0 Å². The van der Waals surface area contributed by atoms with E-state index in [1.54, 1.807) is 6.92 Å². The minimum atomic E-state index is -0.776.